The predicted molar refractivity (Wildman–Crippen MR) is 64.0 cm³/mol. The van der Waals surface area contributed by atoms with Crippen molar-refractivity contribution in [3.63, 3.8) is 0 Å². The molecule has 0 bridgehead atoms. The van der Waals surface area contributed by atoms with Crippen LogP contribution in [0.25, 0.3) is 0 Å². The lowest BCUT2D eigenvalue weighted by atomic mass is 9.74. The number of rotatable bonds is 3. The standard InChI is InChI=1S/C13H17NO3/c15-11-3-1-10(2-4-11)9-13(12(16)17)5-7-14-8-6-13/h1-4,14-15H,5-9H2,(H,16,17). The minimum atomic E-state index is -0.716. The molecule has 1 aromatic carbocycles. The van der Waals surface area contributed by atoms with Crippen molar-refractivity contribution in [1.29, 1.82) is 0 Å². The molecular formula is C13H17NO3. The molecule has 1 aromatic rings. The van der Waals surface area contributed by atoms with Gasteiger partial charge in [0.2, 0.25) is 0 Å². The van der Waals surface area contributed by atoms with Gasteiger partial charge in [-0.3, -0.25) is 4.79 Å². The van der Waals surface area contributed by atoms with Crippen molar-refractivity contribution in [2.45, 2.75) is 19.3 Å². The highest BCUT2D eigenvalue weighted by Crippen LogP contribution is 2.33. The molecule has 0 aromatic heterocycles. The van der Waals surface area contributed by atoms with E-state index in [1.165, 1.54) is 0 Å². The average Bonchev–Trinajstić information content (AvgIpc) is 2.33. The Morgan fingerprint density at radius 1 is 1.24 bits per heavy atom. The molecule has 0 aliphatic carbocycles. The van der Waals surface area contributed by atoms with Crippen LogP contribution < -0.4 is 5.32 Å². The fraction of sp³-hybridized carbons (Fsp3) is 0.462. The van der Waals surface area contributed by atoms with Gasteiger partial charge in [0.1, 0.15) is 5.75 Å². The van der Waals surface area contributed by atoms with Crippen LogP contribution in [0, 0.1) is 5.41 Å². The lowest BCUT2D eigenvalue weighted by molar-refractivity contribution is -0.150. The van der Waals surface area contributed by atoms with Gasteiger partial charge < -0.3 is 15.5 Å². The van der Waals surface area contributed by atoms with Gasteiger partial charge in [-0.25, -0.2) is 0 Å². The fourth-order valence-electron chi connectivity index (χ4n) is 2.38. The number of carboxylic acid groups (broad SMARTS) is 1. The molecule has 4 heteroatoms. The summed E-state index contributed by atoms with van der Waals surface area (Å²) in [6.07, 6.45) is 1.84. The van der Waals surface area contributed by atoms with E-state index < -0.39 is 11.4 Å². The summed E-state index contributed by atoms with van der Waals surface area (Å²) in [6.45, 7) is 1.51. The molecule has 1 saturated heterocycles. The van der Waals surface area contributed by atoms with Crippen LogP contribution in [-0.4, -0.2) is 29.3 Å². The molecule has 3 N–H and O–H groups in total. The van der Waals surface area contributed by atoms with E-state index in [0.717, 1.165) is 18.7 Å². The number of carboxylic acids is 1. The van der Waals surface area contributed by atoms with Crippen molar-refractivity contribution in [1.82, 2.24) is 5.32 Å². The van der Waals surface area contributed by atoms with E-state index in [9.17, 15) is 15.0 Å². The van der Waals surface area contributed by atoms with Gasteiger partial charge in [-0.15, -0.1) is 0 Å². The summed E-state index contributed by atoms with van der Waals surface area (Å²) in [5.41, 5.74) is 0.314. The maximum atomic E-state index is 11.5. The van der Waals surface area contributed by atoms with Gasteiger partial charge in [0.15, 0.2) is 0 Å². The minimum absolute atomic E-state index is 0.212. The number of aromatic hydroxyl groups is 1. The molecule has 1 heterocycles. The van der Waals surface area contributed by atoms with Crippen molar-refractivity contribution >= 4 is 5.97 Å². The average molecular weight is 235 g/mol. The molecule has 1 aliphatic heterocycles. The van der Waals surface area contributed by atoms with Gasteiger partial charge >= 0.3 is 5.97 Å². The second-order valence-corrected chi connectivity index (χ2v) is 4.68. The molecule has 0 atom stereocenters. The van der Waals surface area contributed by atoms with Crippen LogP contribution in [-0.2, 0) is 11.2 Å². The Balaban J connectivity index is 2.17. The van der Waals surface area contributed by atoms with Crippen molar-refractivity contribution in [3.8, 4) is 5.75 Å². The smallest absolute Gasteiger partial charge is 0.310 e. The molecule has 0 amide bonds. The van der Waals surface area contributed by atoms with Crippen LogP contribution in [0.4, 0.5) is 0 Å². The lowest BCUT2D eigenvalue weighted by Crippen LogP contribution is -2.43. The molecule has 0 unspecified atom stereocenters. The Hall–Kier alpha value is -1.55. The molecule has 1 aliphatic rings. The summed E-state index contributed by atoms with van der Waals surface area (Å²) in [6, 6.07) is 6.79. The molecule has 2 rings (SSSR count). The van der Waals surface area contributed by atoms with Gasteiger partial charge in [-0.05, 0) is 50.0 Å². The van der Waals surface area contributed by atoms with E-state index in [2.05, 4.69) is 5.32 Å². The van der Waals surface area contributed by atoms with Crippen molar-refractivity contribution in [2.24, 2.45) is 5.41 Å². The van der Waals surface area contributed by atoms with E-state index in [1.807, 2.05) is 0 Å². The Labute approximate surface area is 100 Å². The Kier molecular flexibility index (Phi) is 3.33. The highest BCUT2D eigenvalue weighted by molar-refractivity contribution is 5.75. The fourth-order valence-corrected chi connectivity index (χ4v) is 2.38. The first-order valence-corrected chi connectivity index (χ1v) is 5.84. The zero-order chi connectivity index (χ0) is 12.3. The monoisotopic (exact) mass is 235 g/mol. The van der Waals surface area contributed by atoms with Gasteiger partial charge in [-0.1, -0.05) is 12.1 Å². The third-order valence-corrected chi connectivity index (χ3v) is 3.49. The molecular weight excluding hydrogens is 218 g/mol. The van der Waals surface area contributed by atoms with Crippen LogP contribution in [0.3, 0.4) is 0 Å². The third-order valence-electron chi connectivity index (χ3n) is 3.49. The number of hydrogen-bond acceptors (Lipinski definition) is 3. The molecule has 92 valence electrons. The van der Waals surface area contributed by atoms with E-state index >= 15 is 0 Å². The predicted octanol–water partition coefficient (Wildman–Crippen LogP) is 1.39. The number of nitrogens with one attached hydrogen (secondary N) is 1. The number of hydrogen-bond donors (Lipinski definition) is 3. The summed E-state index contributed by atoms with van der Waals surface area (Å²) in [7, 11) is 0. The topological polar surface area (TPSA) is 69.6 Å². The summed E-state index contributed by atoms with van der Waals surface area (Å²) in [5.74, 6) is -0.504. The number of phenols is 1. The second-order valence-electron chi connectivity index (χ2n) is 4.68. The number of aliphatic carboxylic acids is 1. The van der Waals surface area contributed by atoms with Crippen LogP contribution in [0.15, 0.2) is 24.3 Å². The van der Waals surface area contributed by atoms with E-state index in [0.29, 0.717) is 19.3 Å². The summed E-state index contributed by atoms with van der Waals surface area (Å²) >= 11 is 0. The zero-order valence-electron chi connectivity index (χ0n) is 9.65. The van der Waals surface area contributed by atoms with Crippen LogP contribution in [0.2, 0.25) is 0 Å². The SMILES string of the molecule is O=C(O)C1(Cc2ccc(O)cc2)CCNCC1. The normalized spacial score (nSPS) is 18.8. The van der Waals surface area contributed by atoms with Crippen LogP contribution >= 0.6 is 0 Å². The van der Waals surface area contributed by atoms with Crippen LogP contribution in [0.5, 0.6) is 5.75 Å². The summed E-state index contributed by atoms with van der Waals surface area (Å²) in [5, 5.41) is 21.8. The van der Waals surface area contributed by atoms with Crippen molar-refractivity contribution < 1.29 is 15.0 Å². The molecule has 4 nitrogen and oxygen atoms in total. The molecule has 1 fully saturated rings. The highest BCUT2D eigenvalue weighted by atomic mass is 16.4. The maximum absolute atomic E-state index is 11.5. The number of phenolic OH excluding ortho intramolecular Hbond substituents is 1. The number of benzene rings is 1. The molecule has 0 spiro atoms. The number of piperidine rings is 1. The van der Waals surface area contributed by atoms with Gasteiger partial charge in [-0.2, -0.15) is 0 Å². The summed E-state index contributed by atoms with van der Waals surface area (Å²) < 4.78 is 0. The summed E-state index contributed by atoms with van der Waals surface area (Å²) in [4.78, 5) is 11.5. The van der Waals surface area contributed by atoms with E-state index in [4.69, 9.17) is 0 Å². The van der Waals surface area contributed by atoms with Crippen molar-refractivity contribution in [3.05, 3.63) is 29.8 Å². The van der Waals surface area contributed by atoms with Gasteiger partial charge in [0.25, 0.3) is 0 Å². The molecule has 17 heavy (non-hydrogen) atoms. The Morgan fingerprint density at radius 3 is 2.35 bits per heavy atom. The number of carbonyl (C=O) groups is 1. The highest BCUT2D eigenvalue weighted by Gasteiger charge is 2.39. The first-order chi connectivity index (χ1) is 8.12. The quantitative estimate of drug-likeness (QED) is 0.740. The van der Waals surface area contributed by atoms with Crippen LogP contribution in [0.1, 0.15) is 18.4 Å². The largest absolute Gasteiger partial charge is 0.508 e. The first-order valence-electron chi connectivity index (χ1n) is 5.84. The third kappa shape index (κ3) is 2.58. The lowest BCUT2D eigenvalue weighted by Gasteiger charge is -2.33. The molecule has 0 saturated carbocycles. The van der Waals surface area contributed by atoms with Crippen molar-refractivity contribution in [2.75, 3.05) is 13.1 Å². The van der Waals surface area contributed by atoms with Gasteiger partial charge in [0.05, 0.1) is 5.41 Å². The Bertz CT molecular complexity index is 394. The Morgan fingerprint density at radius 2 is 1.82 bits per heavy atom. The first kappa shape index (κ1) is 11.9. The zero-order valence-corrected chi connectivity index (χ0v) is 9.65. The maximum Gasteiger partial charge on any atom is 0.310 e. The van der Waals surface area contributed by atoms with E-state index in [1.54, 1.807) is 24.3 Å². The minimum Gasteiger partial charge on any atom is -0.508 e. The second kappa shape index (κ2) is 4.75. The van der Waals surface area contributed by atoms with E-state index in [-0.39, 0.29) is 5.75 Å². The van der Waals surface area contributed by atoms with Gasteiger partial charge in [0, 0.05) is 0 Å². The molecule has 0 radical (unpaired) electrons.